The van der Waals surface area contributed by atoms with E-state index in [0.29, 0.717) is 12.5 Å². The Kier molecular flexibility index (Phi) is 2.71. The van der Waals surface area contributed by atoms with Gasteiger partial charge in [-0.3, -0.25) is 0 Å². The predicted molar refractivity (Wildman–Crippen MR) is 49.1 cm³/mol. The second-order valence-electron chi connectivity index (χ2n) is 4.80. The van der Waals surface area contributed by atoms with Crippen molar-refractivity contribution in [3.05, 3.63) is 0 Å². The van der Waals surface area contributed by atoms with Gasteiger partial charge in [0.1, 0.15) is 0 Å². The van der Waals surface area contributed by atoms with Crippen molar-refractivity contribution in [1.82, 2.24) is 0 Å². The number of ether oxygens (including phenoxy) is 1. The van der Waals surface area contributed by atoms with Gasteiger partial charge in [0.2, 0.25) is 0 Å². The molecule has 2 N–H and O–H groups in total. The third-order valence-electron chi connectivity index (χ3n) is 3.69. The van der Waals surface area contributed by atoms with Gasteiger partial charge in [0.15, 0.2) is 0 Å². The maximum atomic E-state index is 12.6. The van der Waals surface area contributed by atoms with Gasteiger partial charge >= 0.3 is 6.18 Å². The van der Waals surface area contributed by atoms with Gasteiger partial charge in [0.05, 0.1) is 12.0 Å². The van der Waals surface area contributed by atoms with Crippen LogP contribution in [0.15, 0.2) is 0 Å². The second kappa shape index (κ2) is 3.63. The lowest BCUT2D eigenvalue weighted by atomic mass is 9.73. The summed E-state index contributed by atoms with van der Waals surface area (Å²) in [6.07, 6.45) is -4.27. The van der Waals surface area contributed by atoms with E-state index in [-0.39, 0.29) is 30.9 Å². The summed E-state index contributed by atoms with van der Waals surface area (Å²) in [5, 5.41) is 0. The Balaban J connectivity index is 2.09. The lowest BCUT2D eigenvalue weighted by Crippen LogP contribution is -2.48. The Morgan fingerprint density at radius 3 is 2.53 bits per heavy atom. The zero-order valence-electron chi connectivity index (χ0n) is 8.63. The Morgan fingerprint density at radius 1 is 1.27 bits per heavy atom. The third kappa shape index (κ3) is 1.99. The molecule has 2 rings (SSSR count). The highest BCUT2D eigenvalue weighted by Crippen LogP contribution is 2.44. The van der Waals surface area contributed by atoms with E-state index >= 15 is 0 Å². The van der Waals surface area contributed by atoms with E-state index < -0.39 is 12.1 Å². The Morgan fingerprint density at radius 2 is 1.93 bits per heavy atom. The lowest BCUT2D eigenvalue weighted by Gasteiger charge is -2.37. The van der Waals surface area contributed by atoms with Gasteiger partial charge in [-0.05, 0) is 18.8 Å². The zero-order chi connectivity index (χ0) is 11.2. The summed E-state index contributed by atoms with van der Waals surface area (Å²) in [7, 11) is 0. The van der Waals surface area contributed by atoms with Crippen molar-refractivity contribution in [3.8, 4) is 0 Å². The van der Waals surface area contributed by atoms with Crippen LogP contribution in [0, 0.1) is 17.8 Å². The highest BCUT2D eigenvalue weighted by molar-refractivity contribution is 4.96. The number of halogens is 3. The molecule has 2 nitrogen and oxygen atoms in total. The average Bonchev–Trinajstić information content (AvgIpc) is 2.46. The van der Waals surface area contributed by atoms with Crippen LogP contribution in [0.3, 0.4) is 0 Å². The van der Waals surface area contributed by atoms with Crippen LogP contribution in [0.4, 0.5) is 13.2 Å². The van der Waals surface area contributed by atoms with Crippen molar-refractivity contribution in [2.45, 2.75) is 38.1 Å². The van der Waals surface area contributed by atoms with Gasteiger partial charge in [0.25, 0.3) is 0 Å². The van der Waals surface area contributed by atoms with Gasteiger partial charge in [0, 0.05) is 18.6 Å². The summed E-state index contributed by atoms with van der Waals surface area (Å²) in [6, 6.07) is -0.368. The minimum atomic E-state index is -4.13. The van der Waals surface area contributed by atoms with Crippen LogP contribution in [0.2, 0.25) is 0 Å². The van der Waals surface area contributed by atoms with E-state index in [4.69, 9.17) is 10.5 Å². The fourth-order valence-electron chi connectivity index (χ4n) is 2.92. The molecular weight excluding hydrogens is 207 g/mol. The summed E-state index contributed by atoms with van der Waals surface area (Å²) in [5.74, 6) is -0.873. The summed E-state index contributed by atoms with van der Waals surface area (Å²) in [5.41, 5.74) is 5.82. The smallest absolute Gasteiger partial charge is 0.378 e. The van der Waals surface area contributed by atoms with E-state index in [0.717, 1.165) is 0 Å². The van der Waals surface area contributed by atoms with Crippen molar-refractivity contribution in [1.29, 1.82) is 0 Å². The molecule has 1 aliphatic heterocycles. The van der Waals surface area contributed by atoms with Gasteiger partial charge in [-0.25, -0.2) is 0 Å². The highest BCUT2D eigenvalue weighted by Gasteiger charge is 2.51. The summed E-state index contributed by atoms with van der Waals surface area (Å²) >= 11 is 0. The number of alkyl halides is 3. The van der Waals surface area contributed by atoms with Crippen molar-refractivity contribution in [2.75, 3.05) is 6.61 Å². The molecule has 0 aromatic carbocycles. The average molecular weight is 223 g/mol. The van der Waals surface area contributed by atoms with E-state index in [1.807, 2.05) is 6.92 Å². The van der Waals surface area contributed by atoms with Crippen LogP contribution >= 0.6 is 0 Å². The first kappa shape index (κ1) is 11.2. The second-order valence-corrected chi connectivity index (χ2v) is 4.80. The number of fused-ring (bicyclic) bond motifs is 1. The van der Waals surface area contributed by atoms with Crippen LogP contribution in [0.1, 0.15) is 19.8 Å². The molecular formula is C10H16F3NO. The van der Waals surface area contributed by atoms with Crippen LogP contribution in [0.25, 0.3) is 0 Å². The SMILES string of the molecule is C[C@H]1CO[C@H]2C[C@@H](C(F)(F)F)C[C@@H](N)[C@H]21. The lowest BCUT2D eigenvalue weighted by molar-refractivity contribution is -0.194. The fraction of sp³-hybridized carbons (Fsp3) is 1.00. The largest absolute Gasteiger partial charge is 0.391 e. The Bertz CT molecular complexity index is 243. The minimum Gasteiger partial charge on any atom is -0.378 e. The van der Waals surface area contributed by atoms with Crippen molar-refractivity contribution in [2.24, 2.45) is 23.5 Å². The quantitative estimate of drug-likeness (QED) is 0.681. The monoisotopic (exact) mass is 223 g/mol. The van der Waals surface area contributed by atoms with E-state index in [9.17, 15) is 13.2 Å². The molecule has 88 valence electrons. The first-order valence-corrected chi connectivity index (χ1v) is 5.33. The van der Waals surface area contributed by atoms with E-state index in [2.05, 4.69) is 0 Å². The Labute approximate surface area is 87.0 Å². The molecule has 15 heavy (non-hydrogen) atoms. The molecule has 5 heteroatoms. The number of hydrogen-bond donors (Lipinski definition) is 1. The highest BCUT2D eigenvalue weighted by atomic mass is 19.4. The maximum absolute atomic E-state index is 12.6. The van der Waals surface area contributed by atoms with Crippen LogP contribution in [-0.4, -0.2) is 24.9 Å². The third-order valence-corrected chi connectivity index (χ3v) is 3.69. The topological polar surface area (TPSA) is 35.2 Å². The molecule has 1 saturated heterocycles. The molecule has 0 amide bonds. The molecule has 1 heterocycles. The molecule has 0 unspecified atom stereocenters. The van der Waals surface area contributed by atoms with Crippen molar-refractivity contribution < 1.29 is 17.9 Å². The van der Waals surface area contributed by atoms with Crippen molar-refractivity contribution >= 4 is 0 Å². The standard InChI is InChI=1S/C10H16F3NO/c1-5-4-15-8-3-6(10(11,12)13)2-7(14)9(5)8/h5-9H,2-4,14H2,1H3/t5-,6-,7+,8-,9+/m0/s1. The van der Waals surface area contributed by atoms with Crippen LogP contribution in [-0.2, 0) is 4.74 Å². The number of rotatable bonds is 0. The maximum Gasteiger partial charge on any atom is 0.391 e. The summed E-state index contributed by atoms with van der Waals surface area (Å²) < 4.78 is 43.1. The van der Waals surface area contributed by atoms with Gasteiger partial charge < -0.3 is 10.5 Å². The van der Waals surface area contributed by atoms with Crippen molar-refractivity contribution in [3.63, 3.8) is 0 Å². The first-order valence-electron chi connectivity index (χ1n) is 5.33. The minimum absolute atomic E-state index is 0.0539. The van der Waals surface area contributed by atoms with E-state index in [1.54, 1.807) is 0 Å². The molecule has 0 radical (unpaired) electrons. The molecule has 1 saturated carbocycles. The van der Waals surface area contributed by atoms with Gasteiger partial charge in [-0.15, -0.1) is 0 Å². The summed E-state index contributed by atoms with van der Waals surface area (Å²) in [4.78, 5) is 0. The molecule has 2 fully saturated rings. The first-order chi connectivity index (χ1) is 6.89. The van der Waals surface area contributed by atoms with E-state index in [1.165, 1.54) is 0 Å². The molecule has 0 spiro atoms. The van der Waals surface area contributed by atoms with Crippen LogP contribution in [0.5, 0.6) is 0 Å². The van der Waals surface area contributed by atoms with Gasteiger partial charge in [-0.1, -0.05) is 6.92 Å². The summed E-state index contributed by atoms with van der Waals surface area (Å²) in [6.45, 7) is 2.55. The molecule has 2 aliphatic rings. The molecule has 5 atom stereocenters. The van der Waals surface area contributed by atoms with Gasteiger partial charge in [-0.2, -0.15) is 13.2 Å². The number of nitrogens with two attached hydrogens (primary N) is 1. The molecule has 0 aromatic heterocycles. The van der Waals surface area contributed by atoms with Crippen LogP contribution < -0.4 is 5.73 Å². The molecule has 1 aliphatic carbocycles. The predicted octanol–water partition coefficient (Wildman–Crippen LogP) is 1.94. The molecule has 0 aromatic rings. The normalized spacial score (nSPS) is 46.6. The Hall–Kier alpha value is -0.290. The number of hydrogen-bond acceptors (Lipinski definition) is 2. The molecule has 0 bridgehead atoms. The zero-order valence-corrected chi connectivity index (χ0v) is 8.63. The fourth-order valence-corrected chi connectivity index (χ4v) is 2.92.